The molecular formula is C8H6N8. The minimum Gasteiger partial charge on any atom is -0.384 e. The number of H-pyrrole nitrogens is 1. The summed E-state index contributed by atoms with van der Waals surface area (Å²) in [5, 5.41) is 7.34. The lowest BCUT2D eigenvalue weighted by atomic mass is 10.4. The van der Waals surface area contributed by atoms with Gasteiger partial charge in [0.2, 0.25) is 5.62 Å². The van der Waals surface area contributed by atoms with Gasteiger partial charge in [-0.1, -0.05) is 0 Å². The molecule has 0 saturated carbocycles. The predicted molar refractivity (Wildman–Crippen MR) is 54.2 cm³/mol. The zero-order valence-electron chi connectivity index (χ0n) is 7.97. The maximum absolute atomic E-state index is 7.34. The van der Waals surface area contributed by atoms with Crippen molar-refractivity contribution in [2.24, 2.45) is 0 Å². The highest BCUT2D eigenvalue weighted by Gasteiger charge is 2.09. The number of nitrogen functional groups attached to an aromatic ring is 1. The Morgan fingerprint density at radius 1 is 1.19 bits per heavy atom. The van der Waals surface area contributed by atoms with Crippen LogP contribution in [-0.2, 0) is 0 Å². The quantitative estimate of drug-likeness (QED) is 0.454. The summed E-state index contributed by atoms with van der Waals surface area (Å²) in [6, 6.07) is 1.52. The topological polar surface area (TPSA) is 130 Å². The lowest BCUT2D eigenvalue weighted by Crippen LogP contribution is -1.99. The number of aromatic nitrogens is 6. The van der Waals surface area contributed by atoms with E-state index in [4.69, 9.17) is 11.1 Å². The Balaban J connectivity index is 2.53. The zero-order valence-corrected chi connectivity index (χ0v) is 7.97. The molecule has 0 spiro atoms. The third kappa shape index (κ3) is 1.24. The van der Waals surface area contributed by atoms with Gasteiger partial charge in [-0.15, -0.1) is 0 Å². The third-order valence-corrected chi connectivity index (χ3v) is 2.00. The number of nitrogens with two attached hydrogens (primary N) is 1. The molecule has 1 aromatic heterocycles. The van der Waals surface area contributed by atoms with E-state index in [1.165, 1.54) is 12.4 Å². The van der Waals surface area contributed by atoms with Crippen molar-refractivity contribution in [1.82, 2.24) is 29.9 Å². The van der Waals surface area contributed by atoms with Crippen molar-refractivity contribution in [3.05, 3.63) is 18.0 Å². The summed E-state index contributed by atoms with van der Waals surface area (Å²) in [6.07, 6.45) is 1.47. The van der Waals surface area contributed by atoms with Gasteiger partial charge in [-0.05, 0) is 0 Å². The standard InChI is InChI=1S/C8H6N8/c9-4-1-3-5(16-8(10)13-3)15-7-6(14-4)11-2-12-7/h1-2H,(H4,9,10,11,12,13,14,15,16). The number of anilines is 1. The molecular weight excluding hydrogens is 208 g/mol. The number of hydrogen-bond donors (Lipinski definition) is 3. The first-order valence-corrected chi connectivity index (χ1v) is 4.43. The van der Waals surface area contributed by atoms with Crippen LogP contribution in [0, 0.1) is 5.41 Å². The fourth-order valence-corrected chi connectivity index (χ4v) is 1.37. The Labute approximate surface area is 88.5 Å². The Bertz CT molecular complexity index is 702. The maximum Gasteiger partial charge on any atom is 0.244 e. The highest BCUT2D eigenvalue weighted by molar-refractivity contribution is 5.68. The number of nitrogens with one attached hydrogen (secondary N) is 2. The van der Waals surface area contributed by atoms with E-state index >= 15 is 0 Å². The molecule has 0 amide bonds. The Morgan fingerprint density at radius 2 is 2.06 bits per heavy atom. The van der Waals surface area contributed by atoms with Crippen LogP contribution in [0.4, 0.5) is 5.82 Å². The van der Waals surface area contributed by atoms with Crippen LogP contribution < -0.4 is 11.4 Å². The first-order chi connectivity index (χ1) is 7.72. The molecule has 0 fully saturated rings. The fraction of sp³-hybridized carbons (Fsp3) is 0. The highest BCUT2D eigenvalue weighted by atomic mass is 15.1. The number of fused-ring (bicyclic) bond motifs is 2. The first-order valence-electron chi connectivity index (χ1n) is 4.43. The second-order valence-electron chi connectivity index (χ2n) is 3.12. The van der Waals surface area contributed by atoms with Crippen molar-refractivity contribution in [2.45, 2.75) is 0 Å². The van der Waals surface area contributed by atoms with Crippen LogP contribution in [0.15, 0.2) is 12.4 Å². The molecule has 3 rings (SSSR count). The van der Waals surface area contributed by atoms with Crippen LogP contribution in [0.1, 0.15) is 0 Å². The Hall–Kier alpha value is -2.64. The molecule has 0 aromatic carbocycles. The van der Waals surface area contributed by atoms with Crippen molar-refractivity contribution in [3.8, 4) is 11.5 Å². The molecule has 0 radical (unpaired) electrons. The summed E-state index contributed by atoms with van der Waals surface area (Å²) in [6.45, 7) is 0. The molecule has 0 aliphatic carbocycles. The van der Waals surface area contributed by atoms with E-state index in [1.807, 2.05) is 0 Å². The predicted octanol–water partition coefficient (Wildman–Crippen LogP) is -0.691. The molecule has 4 N–H and O–H groups in total. The van der Waals surface area contributed by atoms with E-state index < -0.39 is 0 Å². The smallest absolute Gasteiger partial charge is 0.244 e. The second-order valence-corrected chi connectivity index (χ2v) is 3.12. The van der Waals surface area contributed by atoms with Crippen molar-refractivity contribution in [3.63, 3.8) is 0 Å². The van der Waals surface area contributed by atoms with Gasteiger partial charge in [0.05, 0.1) is 6.33 Å². The van der Waals surface area contributed by atoms with E-state index in [9.17, 15) is 0 Å². The number of nitrogens with zero attached hydrogens (tertiary/aromatic N) is 5. The molecule has 3 heterocycles. The molecule has 16 heavy (non-hydrogen) atoms. The average Bonchev–Trinajstić information content (AvgIpc) is 2.74. The van der Waals surface area contributed by atoms with Gasteiger partial charge in [0.15, 0.2) is 17.1 Å². The normalized spacial score (nSPS) is 11.0. The lowest BCUT2D eigenvalue weighted by molar-refractivity contribution is 1.04. The van der Waals surface area contributed by atoms with Gasteiger partial charge in [-0.2, -0.15) is 4.98 Å². The Kier molecular flexibility index (Phi) is 1.58. The van der Waals surface area contributed by atoms with Gasteiger partial charge >= 0.3 is 0 Å². The highest BCUT2D eigenvalue weighted by Crippen LogP contribution is 2.13. The van der Waals surface area contributed by atoms with Crippen molar-refractivity contribution >= 4 is 17.1 Å². The summed E-state index contributed by atoms with van der Waals surface area (Å²) in [5.74, 6) is 0.595. The van der Waals surface area contributed by atoms with Crippen LogP contribution in [0.3, 0.4) is 0 Å². The number of rotatable bonds is 0. The van der Waals surface area contributed by atoms with Gasteiger partial charge in [0, 0.05) is 6.07 Å². The van der Waals surface area contributed by atoms with Crippen LogP contribution >= 0.6 is 0 Å². The average molecular weight is 214 g/mol. The van der Waals surface area contributed by atoms with E-state index in [0.717, 1.165) is 0 Å². The number of hydrogen-bond acceptors (Lipinski definition) is 7. The van der Waals surface area contributed by atoms with Crippen LogP contribution in [0.25, 0.3) is 22.8 Å². The second kappa shape index (κ2) is 2.92. The molecule has 2 aliphatic heterocycles. The molecule has 78 valence electrons. The monoisotopic (exact) mass is 214 g/mol. The van der Waals surface area contributed by atoms with Crippen LogP contribution in [0.5, 0.6) is 0 Å². The largest absolute Gasteiger partial charge is 0.384 e. The summed E-state index contributed by atoms with van der Waals surface area (Å²) in [5.41, 5.74) is 6.86. The molecule has 0 atom stereocenters. The van der Waals surface area contributed by atoms with E-state index in [2.05, 4.69) is 29.9 Å². The van der Waals surface area contributed by atoms with Crippen molar-refractivity contribution in [2.75, 3.05) is 5.73 Å². The Morgan fingerprint density at radius 3 is 2.94 bits per heavy atom. The lowest BCUT2D eigenvalue weighted by Gasteiger charge is -1.92. The molecule has 0 bridgehead atoms. The zero-order chi connectivity index (χ0) is 11.1. The maximum atomic E-state index is 7.34. The molecule has 1 aromatic rings. The third-order valence-electron chi connectivity index (χ3n) is 2.00. The molecule has 8 heteroatoms. The van der Waals surface area contributed by atoms with Gasteiger partial charge in [-0.25, -0.2) is 19.9 Å². The van der Waals surface area contributed by atoms with Gasteiger partial charge < -0.3 is 10.7 Å². The molecule has 0 saturated heterocycles. The summed E-state index contributed by atoms with van der Waals surface area (Å²) >= 11 is 0. The molecule has 8 nitrogen and oxygen atoms in total. The van der Waals surface area contributed by atoms with Gasteiger partial charge in [-0.3, -0.25) is 5.41 Å². The summed E-state index contributed by atoms with van der Waals surface area (Å²) in [7, 11) is 0. The van der Waals surface area contributed by atoms with Gasteiger partial charge in [0.1, 0.15) is 11.5 Å². The SMILES string of the molecule is N=c1nc2cc(N)nc3[nH]cnc3nc-2n1. The van der Waals surface area contributed by atoms with Gasteiger partial charge in [0.25, 0.3) is 0 Å². The molecule has 2 aliphatic rings. The summed E-state index contributed by atoms with van der Waals surface area (Å²) < 4.78 is 0. The van der Waals surface area contributed by atoms with Crippen LogP contribution in [-0.4, -0.2) is 29.9 Å². The molecule has 0 unspecified atom stereocenters. The minimum atomic E-state index is -0.100. The van der Waals surface area contributed by atoms with Crippen molar-refractivity contribution in [1.29, 1.82) is 5.41 Å². The van der Waals surface area contributed by atoms with E-state index in [0.29, 0.717) is 22.8 Å². The van der Waals surface area contributed by atoms with Crippen molar-refractivity contribution < 1.29 is 0 Å². The fourth-order valence-electron chi connectivity index (χ4n) is 1.37. The summed E-state index contributed by atoms with van der Waals surface area (Å²) in [4.78, 5) is 22.7. The first kappa shape index (κ1) is 8.65. The van der Waals surface area contributed by atoms with E-state index in [-0.39, 0.29) is 11.4 Å². The number of aromatic amines is 1. The number of imidazole rings is 2. The van der Waals surface area contributed by atoms with E-state index in [1.54, 1.807) is 0 Å². The van der Waals surface area contributed by atoms with Crippen LogP contribution in [0.2, 0.25) is 0 Å². The minimum absolute atomic E-state index is 0.100.